The average molecular weight is 421 g/mol. The minimum Gasteiger partial charge on any atom is -0.466 e. The number of rotatable bonds is 14. The summed E-state index contributed by atoms with van der Waals surface area (Å²) in [5, 5.41) is 0. The van der Waals surface area contributed by atoms with Gasteiger partial charge in [0.1, 0.15) is 5.82 Å². The number of hydrogen-bond donors (Lipinski definition) is 0. The Morgan fingerprint density at radius 1 is 1.17 bits per heavy atom. The molecule has 0 radical (unpaired) electrons. The van der Waals surface area contributed by atoms with E-state index in [1.807, 2.05) is 15.7 Å². The molecule has 1 saturated heterocycles. The number of nitrogens with zero attached hydrogens (tertiary/aromatic N) is 4. The summed E-state index contributed by atoms with van der Waals surface area (Å²) in [5.41, 5.74) is 0. The van der Waals surface area contributed by atoms with Gasteiger partial charge in [-0.25, -0.2) is 4.98 Å². The molecule has 0 bridgehead atoms. The molecular formula is C23H40N4O3. The third kappa shape index (κ3) is 8.46. The van der Waals surface area contributed by atoms with Crippen LogP contribution in [0.5, 0.6) is 0 Å². The van der Waals surface area contributed by atoms with Crippen LogP contribution in [0.3, 0.4) is 0 Å². The van der Waals surface area contributed by atoms with E-state index < -0.39 is 0 Å². The van der Waals surface area contributed by atoms with Gasteiger partial charge in [-0.3, -0.25) is 9.59 Å². The van der Waals surface area contributed by atoms with Crippen LogP contribution in [-0.2, 0) is 27.3 Å². The number of carbonyl (C=O) groups excluding carboxylic acids is 2. The fourth-order valence-electron chi connectivity index (χ4n) is 3.89. The molecule has 1 aromatic rings. The zero-order valence-electron chi connectivity index (χ0n) is 19.1. The van der Waals surface area contributed by atoms with Gasteiger partial charge in [0.15, 0.2) is 0 Å². The van der Waals surface area contributed by atoms with Crippen molar-refractivity contribution in [2.75, 3.05) is 33.8 Å². The number of hydrogen-bond acceptors (Lipinski definition) is 5. The van der Waals surface area contributed by atoms with E-state index in [-0.39, 0.29) is 11.9 Å². The molecule has 1 aromatic heterocycles. The zero-order chi connectivity index (χ0) is 21.8. The predicted octanol–water partition coefficient (Wildman–Crippen LogP) is 3.27. The number of amides is 1. The number of aryl methyl sites for hydroxylation is 2. The molecule has 2 rings (SSSR count). The van der Waals surface area contributed by atoms with Gasteiger partial charge in [0.25, 0.3) is 0 Å². The van der Waals surface area contributed by atoms with Crippen molar-refractivity contribution in [1.29, 1.82) is 0 Å². The molecule has 170 valence electrons. The van der Waals surface area contributed by atoms with Gasteiger partial charge in [-0.2, -0.15) is 0 Å². The Morgan fingerprint density at radius 2 is 1.93 bits per heavy atom. The van der Waals surface area contributed by atoms with Gasteiger partial charge in [0.2, 0.25) is 5.91 Å². The van der Waals surface area contributed by atoms with Gasteiger partial charge in [-0.1, -0.05) is 39.0 Å². The molecule has 30 heavy (non-hydrogen) atoms. The summed E-state index contributed by atoms with van der Waals surface area (Å²) in [5.74, 6) is 0.883. The number of likely N-dealkylation sites (N-methyl/N-ethyl adjacent to an activating group) is 1. The van der Waals surface area contributed by atoms with Crippen molar-refractivity contribution in [3.8, 4) is 0 Å². The predicted molar refractivity (Wildman–Crippen MR) is 118 cm³/mol. The van der Waals surface area contributed by atoms with E-state index in [4.69, 9.17) is 4.74 Å². The van der Waals surface area contributed by atoms with Crippen molar-refractivity contribution >= 4 is 11.9 Å². The molecule has 0 saturated carbocycles. The summed E-state index contributed by atoms with van der Waals surface area (Å²) in [6.07, 6.45) is 13.1. The number of carbonyl (C=O) groups is 2. The summed E-state index contributed by atoms with van der Waals surface area (Å²) < 4.78 is 7.31. The molecule has 2 heterocycles. The van der Waals surface area contributed by atoms with Gasteiger partial charge in [0.05, 0.1) is 13.0 Å². The Hall–Kier alpha value is -1.89. The molecule has 1 fully saturated rings. The highest BCUT2D eigenvalue weighted by Crippen LogP contribution is 2.15. The third-order valence-electron chi connectivity index (χ3n) is 5.93. The van der Waals surface area contributed by atoms with Gasteiger partial charge in [0, 0.05) is 50.9 Å². The first-order valence-corrected chi connectivity index (χ1v) is 11.6. The summed E-state index contributed by atoms with van der Waals surface area (Å²) in [6, 6.07) is 0.457. The summed E-state index contributed by atoms with van der Waals surface area (Å²) in [7, 11) is 4.13. The second kappa shape index (κ2) is 13.4. The van der Waals surface area contributed by atoms with E-state index in [0.29, 0.717) is 38.5 Å². The minimum atomic E-state index is -0.161. The van der Waals surface area contributed by atoms with E-state index in [0.717, 1.165) is 38.2 Å². The first-order chi connectivity index (χ1) is 14.5. The molecule has 7 nitrogen and oxygen atoms in total. The molecular weight excluding hydrogens is 380 g/mol. The third-order valence-corrected chi connectivity index (χ3v) is 5.93. The van der Waals surface area contributed by atoms with Crippen LogP contribution in [0.2, 0.25) is 0 Å². The van der Waals surface area contributed by atoms with Crippen LogP contribution in [-0.4, -0.2) is 71.1 Å². The van der Waals surface area contributed by atoms with Crippen molar-refractivity contribution in [2.45, 2.75) is 83.7 Å². The average Bonchev–Trinajstić information content (AvgIpc) is 3.39. The standard InChI is InChI=1S/C23H40N4O3/c1-4-5-6-7-8-9-18-30-23(29)13-16-26-17-14-24-21(26)10-11-22(28)27-15-12-20(19-27)25(2)3/h14,17,20H,4-13,15-16,18-19H2,1-3H3. The Labute approximate surface area is 181 Å². The van der Waals surface area contributed by atoms with Crippen molar-refractivity contribution < 1.29 is 14.3 Å². The highest BCUT2D eigenvalue weighted by molar-refractivity contribution is 5.76. The van der Waals surface area contributed by atoms with Crippen molar-refractivity contribution in [3.05, 3.63) is 18.2 Å². The lowest BCUT2D eigenvalue weighted by Gasteiger charge is -2.20. The lowest BCUT2D eigenvalue weighted by atomic mass is 10.1. The summed E-state index contributed by atoms with van der Waals surface area (Å²) in [4.78, 5) is 33.0. The molecule has 1 atom stereocenters. The van der Waals surface area contributed by atoms with E-state index in [9.17, 15) is 9.59 Å². The molecule has 1 unspecified atom stereocenters. The van der Waals surface area contributed by atoms with E-state index in [2.05, 4.69) is 30.9 Å². The second-order valence-corrected chi connectivity index (χ2v) is 8.52. The second-order valence-electron chi connectivity index (χ2n) is 8.52. The molecule has 1 aliphatic rings. The smallest absolute Gasteiger partial charge is 0.307 e. The number of esters is 1. The van der Waals surface area contributed by atoms with Crippen LogP contribution in [0.25, 0.3) is 0 Å². The van der Waals surface area contributed by atoms with Gasteiger partial charge in [-0.05, 0) is 26.9 Å². The molecule has 7 heteroatoms. The van der Waals surface area contributed by atoms with Crippen LogP contribution < -0.4 is 0 Å². The van der Waals surface area contributed by atoms with Crippen LogP contribution in [0.15, 0.2) is 12.4 Å². The quantitative estimate of drug-likeness (QED) is 0.341. The molecule has 1 aliphatic heterocycles. The fraction of sp³-hybridized carbons (Fsp3) is 0.783. The van der Waals surface area contributed by atoms with Crippen molar-refractivity contribution in [2.24, 2.45) is 0 Å². The van der Waals surface area contributed by atoms with Crippen LogP contribution in [0.1, 0.15) is 70.5 Å². The zero-order valence-corrected chi connectivity index (χ0v) is 19.1. The largest absolute Gasteiger partial charge is 0.466 e. The van der Waals surface area contributed by atoms with Crippen LogP contribution in [0, 0.1) is 0 Å². The highest BCUT2D eigenvalue weighted by Gasteiger charge is 2.27. The number of imidazole rings is 1. The fourth-order valence-corrected chi connectivity index (χ4v) is 3.89. The molecule has 0 spiro atoms. The summed E-state index contributed by atoms with van der Waals surface area (Å²) in [6.45, 7) is 4.91. The van der Waals surface area contributed by atoms with Crippen LogP contribution in [0.4, 0.5) is 0 Å². The Morgan fingerprint density at radius 3 is 2.67 bits per heavy atom. The first-order valence-electron chi connectivity index (χ1n) is 11.6. The monoisotopic (exact) mass is 420 g/mol. The molecule has 1 amide bonds. The van der Waals surface area contributed by atoms with E-state index in [1.54, 1.807) is 6.20 Å². The topological polar surface area (TPSA) is 67.7 Å². The number of aromatic nitrogens is 2. The Kier molecular flexibility index (Phi) is 10.9. The summed E-state index contributed by atoms with van der Waals surface area (Å²) >= 11 is 0. The van der Waals surface area contributed by atoms with E-state index in [1.165, 1.54) is 25.7 Å². The van der Waals surface area contributed by atoms with Gasteiger partial charge in [-0.15, -0.1) is 0 Å². The lowest BCUT2D eigenvalue weighted by molar-refractivity contribution is -0.144. The number of likely N-dealkylation sites (tertiary alicyclic amines) is 1. The first kappa shape index (κ1) is 24.4. The van der Waals surface area contributed by atoms with Gasteiger partial charge >= 0.3 is 5.97 Å². The SMILES string of the molecule is CCCCCCCCOC(=O)CCn1ccnc1CCC(=O)N1CCC(N(C)C)C1. The van der Waals surface area contributed by atoms with Crippen molar-refractivity contribution in [1.82, 2.24) is 19.4 Å². The highest BCUT2D eigenvalue weighted by atomic mass is 16.5. The minimum absolute atomic E-state index is 0.161. The molecule has 0 N–H and O–H groups in total. The normalized spacial score (nSPS) is 16.4. The van der Waals surface area contributed by atoms with Crippen LogP contribution >= 0.6 is 0 Å². The molecule has 0 aromatic carbocycles. The maximum atomic E-state index is 12.5. The van der Waals surface area contributed by atoms with E-state index >= 15 is 0 Å². The molecule has 0 aliphatic carbocycles. The van der Waals surface area contributed by atoms with Crippen molar-refractivity contribution in [3.63, 3.8) is 0 Å². The van der Waals surface area contributed by atoms with Gasteiger partial charge < -0.3 is 19.1 Å². The number of unbranched alkanes of at least 4 members (excludes halogenated alkanes) is 5. The Bertz CT molecular complexity index is 644. The maximum absolute atomic E-state index is 12.5. The lowest BCUT2D eigenvalue weighted by Crippen LogP contribution is -2.34. The number of ether oxygens (including phenoxy) is 1. The maximum Gasteiger partial charge on any atom is 0.307 e. The Balaban J connectivity index is 1.63.